The van der Waals surface area contributed by atoms with Gasteiger partial charge in [-0.05, 0) is 55.3 Å². The Morgan fingerprint density at radius 1 is 1.07 bits per heavy atom. The number of anilines is 2. The maximum atomic E-state index is 13.0. The number of rotatable bonds is 7. The van der Waals surface area contributed by atoms with Crippen molar-refractivity contribution in [2.75, 3.05) is 10.6 Å². The third-order valence-electron chi connectivity index (χ3n) is 4.61. The van der Waals surface area contributed by atoms with E-state index in [2.05, 4.69) is 15.6 Å². The van der Waals surface area contributed by atoms with Crippen molar-refractivity contribution in [1.29, 1.82) is 0 Å². The van der Waals surface area contributed by atoms with Gasteiger partial charge in [-0.15, -0.1) is 0 Å². The fourth-order valence-electron chi connectivity index (χ4n) is 2.88. The molecule has 148 valence electrons. The van der Waals surface area contributed by atoms with Crippen molar-refractivity contribution in [2.24, 2.45) is 5.92 Å². The normalized spacial score (nSPS) is 13.1. The van der Waals surface area contributed by atoms with Gasteiger partial charge >= 0.3 is 0 Å². The van der Waals surface area contributed by atoms with Crippen LogP contribution in [0.3, 0.4) is 0 Å². The third-order valence-corrected chi connectivity index (χ3v) is 4.61. The van der Waals surface area contributed by atoms with Gasteiger partial charge in [0, 0.05) is 35.7 Å². The van der Waals surface area contributed by atoms with Crippen molar-refractivity contribution < 1.29 is 18.4 Å². The second-order valence-electron chi connectivity index (χ2n) is 7.02. The minimum Gasteiger partial charge on any atom is -0.441 e. The molecule has 0 saturated heterocycles. The topological polar surface area (TPSA) is 84.2 Å². The zero-order chi connectivity index (χ0) is 20.2. The highest BCUT2D eigenvalue weighted by atomic mass is 19.1. The van der Waals surface area contributed by atoms with Gasteiger partial charge in [0.25, 0.3) is 0 Å². The van der Waals surface area contributed by atoms with Gasteiger partial charge in [-0.25, -0.2) is 9.37 Å². The quantitative estimate of drug-likeness (QED) is 0.623. The molecule has 4 rings (SSSR count). The number of halogens is 1. The van der Waals surface area contributed by atoms with E-state index < -0.39 is 0 Å². The summed E-state index contributed by atoms with van der Waals surface area (Å²) in [6.45, 7) is 0. The number of nitrogens with zero attached hydrogens (tertiary/aromatic N) is 1. The minimum absolute atomic E-state index is 0.0225. The summed E-state index contributed by atoms with van der Waals surface area (Å²) in [4.78, 5) is 28.3. The Morgan fingerprint density at radius 2 is 1.79 bits per heavy atom. The van der Waals surface area contributed by atoms with Crippen LogP contribution in [0.25, 0.3) is 11.3 Å². The number of carbonyl (C=O) groups is 2. The lowest BCUT2D eigenvalue weighted by atomic mass is 10.2. The molecule has 0 unspecified atom stereocenters. The highest BCUT2D eigenvalue weighted by Crippen LogP contribution is 2.30. The first kappa shape index (κ1) is 18.9. The third kappa shape index (κ3) is 5.07. The van der Waals surface area contributed by atoms with E-state index in [9.17, 15) is 14.0 Å². The molecular formula is C22H20FN3O3. The summed E-state index contributed by atoms with van der Waals surface area (Å²) in [5.41, 5.74) is 2.00. The predicted octanol–water partition coefficient (Wildman–Crippen LogP) is 4.40. The zero-order valence-corrected chi connectivity index (χ0v) is 15.7. The molecule has 1 fully saturated rings. The van der Waals surface area contributed by atoms with Crippen LogP contribution in [-0.4, -0.2) is 16.8 Å². The second kappa shape index (κ2) is 8.26. The maximum absolute atomic E-state index is 13.0. The van der Waals surface area contributed by atoms with E-state index in [-0.39, 0.29) is 30.0 Å². The van der Waals surface area contributed by atoms with Crippen molar-refractivity contribution in [3.63, 3.8) is 0 Å². The highest BCUT2D eigenvalue weighted by molar-refractivity contribution is 5.95. The van der Waals surface area contributed by atoms with Gasteiger partial charge in [0.05, 0.1) is 6.20 Å². The van der Waals surface area contributed by atoms with E-state index in [0.717, 1.165) is 18.4 Å². The number of amides is 2. The number of carbonyl (C=O) groups excluding carboxylic acids is 2. The van der Waals surface area contributed by atoms with E-state index in [1.165, 1.54) is 12.1 Å². The Bertz CT molecular complexity index is 1030. The Hall–Kier alpha value is -3.48. The summed E-state index contributed by atoms with van der Waals surface area (Å²) in [7, 11) is 0. The molecule has 7 heteroatoms. The molecule has 3 aromatic rings. The second-order valence-corrected chi connectivity index (χ2v) is 7.02. The average molecular weight is 393 g/mol. The number of aryl methyl sites for hydroxylation is 1. The lowest BCUT2D eigenvalue weighted by Crippen LogP contribution is -2.15. The van der Waals surface area contributed by atoms with Gasteiger partial charge in [0.15, 0.2) is 11.7 Å². The fraction of sp³-hybridized carbons (Fsp3) is 0.227. The number of hydrogen-bond donors (Lipinski definition) is 2. The molecule has 0 radical (unpaired) electrons. The first-order valence-electron chi connectivity index (χ1n) is 9.48. The maximum Gasteiger partial charge on any atom is 0.227 e. The Kier molecular flexibility index (Phi) is 5.37. The molecule has 2 aromatic carbocycles. The molecule has 0 aliphatic heterocycles. The van der Waals surface area contributed by atoms with Crippen LogP contribution in [-0.2, 0) is 16.0 Å². The van der Waals surface area contributed by atoms with E-state index in [1.54, 1.807) is 42.6 Å². The zero-order valence-electron chi connectivity index (χ0n) is 15.7. The molecule has 1 aliphatic rings. The first-order valence-corrected chi connectivity index (χ1v) is 9.48. The molecule has 29 heavy (non-hydrogen) atoms. The lowest BCUT2D eigenvalue weighted by Gasteiger charge is -2.08. The number of benzene rings is 2. The summed E-state index contributed by atoms with van der Waals surface area (Å²) in [6.07, 6.45) is 3.97. The number of oxazole rings is 1. The number of hydrogen-bond acceptors (Lipinski definition) is 4. The van der Waals surface area contributed by atoms with Crippen LogP contribution in [0.1, 0.15) is 25.2 Å². The van der Waals surface area contributed by atoms with Crippen LogP contribution in [0.2, 0.25) is 0 Å². The number of nitrogens with one attached hydrogen (secondary N) is 2. The van der Waals surface area contributed by atoms with Gasteiger partial charge in [-0.3, -0.25) is 9.59 Å². The van der Waals surface area contributed by atoms with Gasteiger partial charge in [0.2, 0.25) is 11.8 Å². The van der Waals surface area contributed by atoms with Crippen LogP contribution in [0.4, 0.5) is 15.8 Å². The van der Waals surface area contributed by atoms with Gasteiger partial charge in [-0.1, -0.05) is 6.07 Å². The summed E-state index contributed by atoms with van der Waals surface area (Å²) < 4.78 is 18.7. The SMILES string of the molecule is O=C(CCc1ncc(-c2ccc(F)cc2)o1)Nc1cccc(NC(=O)C2CC2)c1. The molecule has 0 atom stereocenters. The summed E-state index contributed by atoms with van der Waals surface area (Å²) in [5.74, 6) is 0.603. The smallest absolute Gasteiger partial charge is 0.227 e. The van der Waals surface area contributed by atoms with Crippen molar-refractivity contribution in [3.05, 3.63) is 66.4 Å². The largest absolute Gasteiger partial charge is 0.441 e. The molecule has 2 N–H and O–H groups in total. The molecular weight excluding hydrogens is 373 g/mol. The van der Waals surface area contributed by atoms with Crippen LogP contribution in [0.5, 0.6) is 0 Å². The molecule has 1 saturated carbocycles. The van der Waals surface area contributed by atoms with Crippen LogP contribution < -0.4 is 10.6 Å². The van der Waals surface area contributed by atoms with Gasteiger partial charge in [0.1, 0.15) is 5.82 Å². The molecule has 1 aromatic heterocycles. The Morgan fingerprint density at radius 3 is 2.52 bits per heavy atom. The number of aromatic nitrogens is 1. The molecule has 0 bridgehead atoms. The Labute approximate surface area is 167 Å². The monoisotopic (exact) mass is 393 g/mol. The van der Waals surface area contributed by atoms with Crippen LogP contribution in [0, 0.1) is 11.7 Å². The van der Waals surface area contributed by atoms with Crippen molar-refractivity contribution in [1.82, 2.24) is 4.98 Å². The first-order chi connectivity index (χ1) is 14.1. The van der Waals surface area contributed by atoms with Crippen LogP contribution >= 0.6 is 0 Å². The van der Waals surface area contributed by atoms with E-state index in [0.29, 0.717) is 29.4 Å². The predicted molar refractivity (Wildman–Crippen MR) is 107 cm³/mol. The molecule has 6 nitrogen and oxygen atoms in total. The summed E-state index contributed by atoms with van der Waals surface area (Å²) in [5, 5.41) is 5.67. The molecule has 0 spiro atoms. The fourth-order valence-corrected chi connectivity index (χ4v) is 2.88. The standard InChI is InChI=1S/C22H20FN3O3/c23-16-8-6-14(7-9-16)19-13-24-21(29-19)11-10-20(27)25-17-2-1-3-18(12-17)26-22(28)15-4-5-15/h1-3,6-9,12-13,15H,4-5,10-11H2,(H,25,27)(H,26,28). The van der Waals surface area contributed by atoms with Crippen molar-refractivity contribution in [3.8, 4) is 11.3 Å². The minimum atomic E-state index is -0.318. The molecule has 1 heterocycles. The molecule has 2 amide bonds. The highest BCUT2D eigenvalue weighted by Gasteiger charge is 2.29. The summed E-state index contributed by atoms with van der Waals surface area (Å²) >= 11 is 0. The summed E-state index contributed by atoms with van der Waals surface area (Å²) in [6, 6.07) is 13.0. The van der Waals surface area contributed by atoms with Crippen molar-refractivity contribution in [2.45, 2.75) is 25.7 Å². The molecule has 1 aliphatic carbocycles. The van der Waals surface area contributed by atoms with Crippen LogP contribution in [0.15, 0.2) is 59.1 Å². The van der Waals surface area contributed by atoms with Gasteiger partial charge < -0.3 is 15.1 Å². The average Bonchev–Trinajstić information content (AvgIpc) is 3.46. The Balaban J connectivity index is 1.30. The van der Waals surface area contributed by atoms with E-state index in [4.69, 9.17) is 4.42 Å². The van der Waals surface area contributed by atoms with E-state index in [1.807, 2.05) is 0 Å². The van der Waals surface area contributed by atoms with Gasteiger partial charge in [-0.2, -0.15) is 0 Å². The lowest BCUT2D eigenvalue weighted by molar-refractivity contribution is -0.117. The van der Waals surface area contributed by atoms with Crippen molar-refractivity contribution >= 4 is 23.2 Å². The van der Waals surface area contributed by atoms with E-state index >= 15 is 0 Å².